The van der Waals surface area contributed by atoms with Crippen LogP contribution in [0, 0.1) is 6.92 Å². The Balaban J connectivity index is 1.36. The zero-order valence-corrected chi connectivity index (χ0v) is 20.1. The highest BCUT2D eigenvalue weighted by molar-refractivity contribution is 5.85. The number of fused-ring (bicyclic) bond motifs is 1. The first kappa shape index (κ1) is 23.4. The average Bonchev–Trinajstić information content (AvgIpc) is 3.21. The Morgan fingerprint density at radius 2 is 1.65 bits per heavy atom. The van der Waals surface area contributed by atoms with Gasteiger partial charge in [0.2, 0.25) is 5.91 Å². The van der Waals surface area contributed by atoms with Crippen LogP contribution in [0.5, 0.6) is 11.5 Å². The molecule has 0 aliphatic rings. The van der Waals surface area contributed by atoms with Crippen LogP contribution < -0.4 is 14.8 Å². The molecule has 4 aromatic rings. The SMILES string of the molecule is COc1ccc(CCNC(=O)CCc2cn(Cc3ccccc3C)c3ccccc23)cc1OC. The molecule has 1 amide bonds. The van der Waals surface area contributed by atoms with Crippen LogP contribution in [-0.4, -0.2) is 31.2 Å². The van der Waals surface area contributed by atoms with E-state index in [1.165, 1.54) is 27.6 Å². The van der Waals surface area contributed by atoms with Crippen molar-refractivity contribution in [3.63, 3.8) is 0 Å². The lowest BCUT2D eigenvalue weighted by Crippen LogP contribution is -2.25. The number of aromatic nitrogens is 1. The molecule has 176 valence electrons. The molecule has 0 spiro atoms. The lowest BCUT2D eigenvalue weighted by atomic mass is 10.1. The molecule has 0 saturated carbocycles. The van der Waals surface area contributed by atoms with Crippen molar-refractivity contribution in [1.29, 1.82) is 0 Å². The number of hydrogen-bond donors (Lipinski definition) is 1. The maximum atomic E-state index is 12.5. The summed E-state index contributed by atoms with van der Waals surface area (Å²) in [7, 11) is 3.25. The van der Waals surface area contributed by atoms with Crippen LogP contribution in [0.3, 0.4) is 0 Å². The second-order valence-electron chi connectivity index (χ2n) is 8.52. The van der Waals surface area contributed by atoms with Gasteiger partial charge in [0.05, 0.1) is 14.2 Å². The van der Waals surface area contributed by atoms with Crippen molar-refractivity contribution in [2.75, 3.05) is 20.8 Å². The van der Waals surface area contributed by atoms with Gasteiger partial charge in [-0.15, -0.1) is 0 Å². The second-order valence-corrected chi connectivity index (χ2v) is 8.52. The molecule has 3 aromatic carbocycles. The van der Waals surface area contributed by atoms with Crippen LogP contribution in [0.4, 0.5) is 0 Å². The molecule has 5 nitrogen and oxygen atoms in total. The standard InChI is InChI=1S/C29H32N2O3/c1-21-8-4-5-9-23(21)19-31-20-24(25-10-6-7-11-26(25)31)13-15-29(32)30-17-16-22-12-14-27(33-2)28(18-22)34-3/h4-12,14,18,20H,13,15-17,19H2,1-3H3,(H,30,32). The van der Waals surface area contributed by atoms with Crippen LogP contribution in [0.25, 0.3) is 10.9 Å². The molecule has 1 heterocycles. The number of ether oxygens (including phenoxy) is 2. The van der Waals surface area contributed by atoms with Crippen molar-refractivity contribution in [3.8, 4) is 11.5 Å². The Bertz CT molecular complexity index is 1280. The van der Waals surface area contributed by atoms with Crippen molar-refractivity contribution < 1.29 is 14.3 Å². The molecule has 4 rings (SSSR count). The van der Waals surface area contributed by atoms with Gasteiger partial charge in [0.15, 0.2) is 11.5 Å². The Labute approximate surface area is 201 Å². The van der Waals surface area contributed by atoms with Crippen molar-refractivity contribution in [3.05, 3.63) is 95.2 Å². The molecule has 5 heteroatoms. The van der Waals surface area contributed by atoms with E-state index in [-0.39, 0.29) is 5.91 Å². The van der Waals surface area contributed by atoms with E-state index >= 15 is 0 Å². The molecule has 0 aliphatic carbocycles. The summed E-state index contributed by atoms with van der Waals surface area (Å²) < 4.78 is 12.9. The van der Waals surface area contributed by atoms with Crippen LogP contribution in [0.1, 0.15) is 28.7 Å². The summed E-state index contributed by atoms with van der Waals surface area (Å²) in [5.74, 6) is 1.47. The number of methoxy groups -OCH3 is 2. The lowest BCUT2D eigenvalue weighted by Gasteiger charge is -2.10. The fourth-order valence-corrected chi connectivity index (χ4v) is 4.34. The third-order valence-electron chi connectivity index (χ3n) is 6.28. The summed E-state index contributed by atoms with van der Waals surface area (Å²) in [5, 5.41) is 4.27. The highest BCUT2D eigenvalue weighted by atomic mass is 16.5. The topological polar surface area (TPSA) is 52.5 Å². The fraction of sp³-hybridized carbons (Fsp3) is 0.276. The fourth-order valence-electron chi connectivity index (χ4n) is 4.34. The summed E-state index contributed by atoms with van der Waals surface area (Å²) in [6.45, 7) is 3.56. The number of carbonyl (C=O) groups is 1. The van der Waals surface area contributed by atoms with Crippen molar-refractivity contribution in [2.45, 2.75) is 32.7 Å². The summed E-state index contributed by atoms with van der Waals surface area (Å²) in [4.78, 5) is 12.5. The largest absolute Gasteiger partial charge is 0.493 e. The Morgan fingerprint density at radius 1 is 0.882 bits per heavy atom. The number of carbonyl (C=O) groups excluding carboxylic acids is 1. The zero-order chi connectivity index (χ0) is 23.9. The maximum Gasteiger partial charge on any atom is 0.220 e. The number of benzene rings is 3. The summed E-state index contributed by atoms with van der Waals surface area (Å²) in [5.41, 5.74) is 6.10. The molecule has 0 unspecified atom stereocenters. The minimum Gasteiger partial charge on any atom is -0.493 e. The third-order valence-corrected chi connectivity index (χ3v) is 6.28. The minimum absolute atomic E-state index is 0.0659. The molecular weight excluding hydrogens is 424 g/mol. The Morgan fingerprint density at radius 3 is 2.44 bits per heavy atom. The molecule has 0 bridgehead atoms. The van der Waals surface area contributed by atoms with E-state index in [0.717, 1.165) is 18.5 Å². The predicted octanol–water partition coefficient (Wildman–Crippen LogP) is 5.31. The van der Waals surface area contributed by atoms with Gasteiger partial charge in [-0.1, -0.05) is 48.5 Å². The molecule has 1 N–H and O–H groups in total. The van der Waals surface area contributed by atoms with Gasteiger partial charge in [0, 0.05) is 36.6 Å². The van der Waals surface area contributed by atoms with E-state index in [4.69, 9.17) is 9.47 Å². The zero-order valence-electron chi connectivity index (χ0n) is 20.1. The van der Waals surface area contributed by atoms with Gasteiger partial charge in [0.25, 0.3) is 0 Å². The summed E-state index contributed by atoms with van der Waals surface area (Å²) in [6, 6.07) is 22.8. The minimum atomic E-state index is 0.0659. The third kappa shape index (κ3) is 5.42. The van der Waals surface area contributed by atoms with E-state index < -0.39 is 0 Å². The predicted molar refractivity (Wildman–Crippen MR) is 137 cm³/mol. The number of nitrogens with one attached hydrogen (secondary N) is 1. The Kier molecular flexibility index (Phi) is 7.53. The lowest BCUT2D eigenvalue weighted by molar-refractivity contribution is -0.121. The highest BCUT2D eigenvalue weighted by Crippen LogP contribution is 2.28. The van der Waals surface area contributed by atoms with Gasteiger partial charge in [-0.3, -0.25) is 4.79 Å². The highest BCUT2D eigenvalue weighted by Gasteiger charge is 2.11. The monoisotopic (exact) mass is 456 g/mol. The van der Waals surface area contributed by atoms with Gasteiger partial charge < -0.3 is 19.4 Å². The number of aryl methyl sites for hydroxylation is 2. The normalized spacial score (nSPS) is 10.9. The first-order valence-corrected chi connectivity index (χ1v) is 11.7. The maximum absolute atomic E-state index is 12.5. The smallest absolute Gasteiger partial charge is 0.220 e. The second kappa shape index (κ2) is 10.9. The average molecular weight is 457 g/mol. The van der Waals surface area contributed by atoms with E-state index in [2.05, 4.69) is 71.5 Å². The summed E-state index contributed by atoms with van der Waals surface area (Å²) in [6.07, 6.45) is 4.11. The quantitative estimate of drug-likeness (QED) is 0.352. The molecular formula is C29H32N2O3. The van der Waals surface area contributed by atoms with E-state index in [9.17, 15) is 4.79 Å². The first-order valence-electron chi connectivity index (χ1n) is 11.7. The molecule has 0 fully saturated rings. The van der Waals surface area contributed by atoms with Crippen molar-refractivity contribution in [2.24, 2.45) is 0 Å². The number of rotatable bonds is 10. The van der Waals surface area contributed by atoms with Crippen molar-refractivity contribution >= 4 is 16.8 Å². The van der Waals surface area contributed by atoms with Crippen LogP contribution in [0.2, 0.25) is 0 Å². The molecule has 34 heavy (non-hydrogen) atoms. The van der Waals surface area contributed by atoms with Gasteiger partial charge in [0.1, 0.15) is 0 Å². The number of para-hydroxylation sites is 1. The van der Waals surface area contributed by atoms with Gasteiger partial charge in [-0.05, 0) is 60.2 Å². The van der Waals surface area contributed by atoms with Crippen LogP contribution in [0.15, 0.2) is 72.9 Å². The van der Waals surface area contributed by atoms with E-state index in [0.29, 0.717) is 30.9 Å². The number of amides is 1. The van der Waals surface area contributed by atoms with Gasteiger partial charge >= 0.3 is 0 Å². The first-order chi connectivity index (χ1) is 16.6. The van der Waals surface area contributed by atoms with Crippen molar-refractivity contribution in [1.82, 2.24) is 9.88 Å². The molecule has 0 saturated heterocycles. The molecule has 0 radical (unpaired) electrons. The molecule has 0 atom stereocenters. The van der Waals surface area contributed by atoms with Gasteiger partial charge in [-0.25, -0.2) is 0 Å². The Hall–Kier alpha value is -3.73. The summed E-state index contributed by atoms with van der Waals surface area (Å²) >= 11 is 0. The molecule has 0 aliphatic heterocycles. The molecule has 1 aromatic heterocycles. The number of hydrogen-bond acceptors (Lipinski definition) is 3. The van der Waals surface area contributed by atoms with Gasteiger partial charge in [-0.2, -0.15) is 0 Å². The van der Waals surface area contributed by atoms with Crippen LogP contribution in [-0.2, 0) is 24.2 Å². The van der Waals surface area contributed by atoms with E-state index in [1.54, 1.807) is 14.2 Å². The number of nitrogens with zero attached hydrogens (tertiary/aromatic N) is 1. The van der Waals surface area contributed by atoms with Crippen LogP contribution >= 0.6 is 0 Å². The van der Waals surface area contributed by atoms with E-state index in [1.807, 2.05) is 18.2 Å².